The van der Waals surface area contributed by atoms with Gasteiger partial charge in [-0.1, -0.05) is 82.3 Å². The van der Waals surface area contributed by atoms with E-state index in [1.165, 1.54) is 12.0 Å². The zero-order valence-corrected chi connectivity index (χ0v) is 22.7. The number of carbonyl (C=O) groups is 5. The number of amides is 4. The van der Waals surface area contributed by atoms with Gasteiger partial charge in [0, 0.05) is 0 Å². The quantitative estimate of drug-likeness (QED) is 0.303. The molecule has 0 spiro atoms. The summed E-state index contributed by atoms with van der Waals surface area (Å²) in [6.45, 7) is 7.16. The zero-order valence-electron chi connectivity index (χ0n) is 22.7. The lowest BCUT2D eigenvalue weighted by molar-refractivity contribution is -0.163. The van der Waals surface area contributed by atoms with Crippen molar-refractivity contribution in [3.8, 4) is 0 Å². The van der Waals surface area contributed by atoms with Gasteiger partial charge in [0.25, 0.3) is 11.8 Å². The van der Waals surface area contributed by atoms with Crippen LogP contribution in [0.2, 0.25) is 0 Å². The van der Waals surface area contributed by atoms with Gasteiger partial charge in [-0.15, -0.1) is 0 Å². The summed E-state index contributed by atoms with van der Waals surface area (Å²) in [5.41, 5.74) is 1.35. The van der Waals surface area contributed by atoms with Crippen LogP contribution in [0.4, 0.5) is 0 Å². The van der Waals surface area contributed by atoms with E-state index in [1.807, 2.05) is 30.3 Å². The molecule has 2 heterocycles. The molecule has 1 fully saturated rings. The molecule has 1 N–H and O–H groups in total. The SMILES string of the molecule is COC(=O)[C@@H](NC(=O)[C@H](C(C)C)N1C(=O)C(N2C(=O)c3ccccc3C2=O)C1C=Cc1ccccc1)C(C)C. The smallest absolute Gasteiger partial charge is 0.328 e. The van der Waals surface area contributed by atoms with Gasteiger partial charge in [-0.25, -0.2) is 4.79 Å². The fraction of sp³-hybridized carbons (Fsp3) is 0.367. The first-order valence-corrected chi connectivity index (χ1v) is 13.0. The summed E-state index contributed by atoms with van der Waals surface area (Å²) < 4.78 is 4.86. The van der Waals surface area contributed by atoms with Crippen LogP contribution < -0.4 is 5.32 Å². The molecule has 0 aliphatic carbocycles. The Bertz CT molecular complexity index is 1280. The minimum atomic E-state index is -1.10. The maximum absolute atomic E-state index is 13.7. The van der Waals surface area contributed by atoms with Gasteiger partial charge in [-0.3, -0.25) is 24.1 Å². The number of esters is 1. The van der Waals surface area contributed by atoms with Crippen molar-refractivity contribution < 1.29 is 28.7 Å². The average molecular weight is 532 g/mol. The largest absolute Gasteiger partial charge is 0.467 e. The van der Waals surface area contributed by atoms with Crippen molar-refractivity contribution in [1.82, 2.24) is 15.1 Å². The number of rotatable bonds is 9. The third-order valence-electron chi connectivity index (χ3n) is 7.16. The van der Waals surface area contributed by atoms with Crippen LogP contribution in [0.3, 0.4) is 0 Å². The molecule has 9 heteroatoms. The van der Waals surface area contributed by atoms with Gasteiger partial charge in [0.1, 0.15) is 18.1 Å². The van der Waals surface area contributed by atoms with Crippen LogP contribution in [-0.4, -0.2) is 70.7 Å². The molecule has 2 aromatic rings. The lowest BCUT2D eigenvalue weighted by Gasteiger charge is -2.52. The monoisotopic (exact) mass is 531 g/mol. The Kier molecular flexibility index (Phi) is 7.99. The minimum absolute atomic E-state index is 0.246. The molecule has 9 nitrogen and oxygen atoms in total. The Balaban J connectivity index is 1.70. The maximum Gasteiger partial charge on any atom is 0.328 e. The van der Waals surface area contributed by atoms with E-state index in [0.29, 0.717) is 0 Å². The number of imide groups is 1. The van der Waals surface area contributed by atoms with Gasteiger partial charge in [-0.05, 0) is 29.5 Å². The molecule has 0 radical (unpaired) electrons. The van der Waals surface area contributed by atoms with E-state index in [-0.39, 0.29) is 23.0 Å². The van der Waals surface area contributed by atoms with E-state index in [9.17, 15) is 24.0 Å². The normalized spacial score (nSPS) is 20.3. The highest BCUT2D eigenvalue weighted by Gasteiger charge is 2.58. The summed E-state index contributed by atoms with van der Waals surface area (Å²) in [5, 5.41) is 2.75. The number of carbonyl (C=O) groups excluding carboxylic acids is 5. The minimum Gasteiger partial charge on any atom is -0.467 e. The summed E-state index contributed by atoms with van der Waals surface area (Å²) in [6, 6.07) is 12.1. The van der Waals surface area contributed by atoms with Crippen LogP contribution in [0.5, 0.6) is 0 Å². The summed E-state index contributed by atoms with van der Waals surface area (Å²) in [4.78, 5) is 68.6. The molecule has 2 aromatic carbocycles. The summed E-state index contributed by atoms with van der Waals surface area (Å²) in [6.07, 6.45) is 3.55. The van der Waals surface area contributed by atoms with E-state index in [0.717, 1.165) is 10.5 Å². The van der Waals surface area contributed by atoms with E-state index in [2.05, 4.69) is 5.32 Å². The molecule has 4 atom stereocenters. The average Bonchev–Trinajstić information content (AvgIpc) is 3.17. The molecule has 2 aliphatic rings. The van der Waals surface area contributed by atoms with Crippen LogP contribution in [0.15, 0.2) is 60.7 Å². The fourth-order valence-electron chi connectivity index (χ4n) is 5.15. The second-order valence-electron chi connectivity index (χ2n) is 10.4. The van der Waals surface area contributed by atoms with Gasteiger partial charge in [0.15, 0.2) is 0 Å². The second-order valence-corrected chi connectivity index (χ2v) is 10.4. The first kappa shape index (κ1) is 27.8. The fourth-order valence-corrected chi connectivity index (χ4v) is 5.15. The van der Waals surface area contributed by atoms with Gasteiger partial charge in [-0.2, -0.15) is 0 Å². The molecule has 1 saturated heterocycles. The van der Waals surface area contributed by atoms with Crippen LogP contribution in [0.1, 0.15) is 54.0 Å². The van der Waals surface area contributed by atoms with E-state index >= 15 is 0 Å². The van der Waals surface area contributed by atoms with Crippen molar-refractivity contribution in [2.45, 2.75) is 51.9 Å². The van der Waals surface area contributed by atoms with Gasteiger partial charge < -0.3 is 15.0 Å². The first-order chi connectivity index (χ1) is 18.6. The van der Waals surface area contributed by atoms with Crippen molar-refractivity contribution in [3.63, 3.8) is 0 Å². The van der Waals surface area contributed by atoms with Gasteiger partial charge >= 0.3 is 5.97 Å². The predicted octanol–water partition coefficient (Wildman–Crippen LogP) is 2.91. The standard InChI is InChI=1S/C30H33N3O6/c1-17(2)23(30(38)39-5)31-26(34)24(18(3)4)32-22(16-15-19-11-7-6-8-12-19)25(29(32)37)33-27(35)20-13-9-10-14-21(20)28(33)36/h6-18,22-25H,1-5H3,(H,31,34)/t22?,23-,24-,25?/m0/s1. The number of fused-ring (bicyclic) bond motifs is 1. The third-order valence-corrected chi connectivity index (χ3v) is 7.16. The van der Waals surface area contributed by atoms with E-state index in [1.54, 1.807) is 64.1 Å². The number of β-lactam (4-membered cyclic amide) rings is 1. The molecular weight excluding hydrogens is 498 g/mol. The molecule has 2 aliphatic heterocycles. The molecule has 0 aromatic heterocycles. The first-order valence-electron chi connectivity index (χ1n) is 13.0. The number of methoxy groups -OCH3 is 1. The number of benzene rings is 2. The Morgan fingerprint density at radius 3 is 1.95 bits per heavy atom. The van der Waals surface area contributed by atoms with Gasteiger partial charge in [0.05, 0.1) is 24.3 Å². The summed E-state index contributed by atoms with van der Waals surface area (Å²) >= 11 is 0. The van der Waals surface area contributed by atoms with Crippen molar-refractivity contribution in [1.29, 1.82) is 0 Å². The molecule has 204 valence electrons. The maximum atomic E-state index is 13.7. The molecule has 39 heavy (non-hydrogen) atoms. The third kappa shape index (κ3) is 5.08. The molecule has 2 unspecified atom stereocenters. The summed E-state index contributed by atoms with van der Waals surface area (Å²) in [7, 11) is 1.25. The zero-order chi connectivity index (χ0) is 28.4. The second kappa shape index (κ2) is 11.2. The molecule has 4 rings (SSSR count). The van der Waals surface area contributed by atoms with Crippen molar-refractivity contribution in [3.05, 3.63) is 77.4 Å². The highest BCUT2D eigenvalue weighted by atomic mass is 16.5. The number of hydrogen-bond donors (Lipinski definition) is 1. The lowest BCUT2D eigenvalue weighted by atomic mass is 9.86. The van der Waals surface area contributed by atoms with E-state index < -0.39 is 53.8 Å². The number of ether oxygens (including phenoxy) is 1. The molecular formula is C30H33N3O6. The highest BCUT2D eigenvalue weighted by molar-refractivity contribution is 6.23. The lowest BCUT2D eigenvalue weighted by Crippen LogP contribution is -2.75. The Morgan fingerprint density at radius 2 is 1.44 bits per heavy atom. The number of nitrogens with zero attached hydrogens (tertiary/aromatic N) is 2. The van der Waals surface area contributed by atoms with Crippen LogP contribution >= 0.6 is 0 Å². The molecule has 0 bridgehead atoms. The number of nitrogens with one attached hydrogen (secondary N) is 1. The number of hydrogen-bond acceptors (Lipinski definition) is 6. The Hall–Kier alpha value is -4.27. The van der Waals surface area contributed by atoms with Crippen molar-refractivity contribution >= 4 is 35.7 Å². The van der Waals surface area contributed by atoms with Crippen LogP contribution in [0.25, 0.3) is 6.08 Å². The molecule has 0 saturated carbocycles. The molecule has 4 amide bonds. The van der Waals surface area contributed by atoms with Crippen LogP contribution in [0, 0.1) is 11.8 Å². The summed E-state index contributed by atoms with van der Waals surface area (Å²) in [5.74, 6) is -3.27. The predicted molar refractivity (Wildman–Crippen MR) is 144 cm³/mol. The Morgan fingerprint density at radius 1 is 0.872 bits per heavy atom. The van der Waals surface area contributed by atoms with Crippen LogP contribution in [-0.2, 0) is 19.1 Å². The van der Waals surface area contributed by atoms with Crippen molar-refractivity contribution in [2.75, 3.05) is 7.11 Å². The van der Waals surface area contributed by atoms with Crippen molar-refractivity contribution in [2.24, 2.45) is 11.8 Å². The highest BCUT2D eigenvalue weighted by Crippen LogP contribution is 2.36. The van der Waals surface area contributed by atoms with Gasteiger partial charge in [0.2, 0.25) is 11.8 Å². The Labute approximate surface area is 227 Å². The van der Waals surface area contributed by atoms with E-state index in [4.69, 9.17) is 4.74 Å². The topological polar surface area (TPSA) is 113 Å². The number of likely N-dealkylation sites (tertiary alicyclic amines) is 1.